The van der Waals surface area contributed by atoms with Crippen LogP contribution in [-0.4, -0.2) is 64.4 Å². The van der Waals surface area contributed by atoms with Gasteiger partial charge in [0.15, 0.2) is 5.82 Å². The lowest BCUT2D eigenvalue weighted by atomic mass is 9.93. The average Bonchev–Trinajstić information content (AvgIpc) is 2.86. The van der Waals surface area contributed by atoms with Gasteiger partial charge in [0.1, 0.15) is 0 Å². The Balaban J connectivity index is 1.39. The summed E-state index contributed by atoms with van der Waals surface area (Å²) in [7, 11) is 0. The number of para-hydroxylation sites is 1. The smallest absolute Gasteiger partial charge is 0.257 e. The fourth-order valence-corrected chi connectivity index (χ4v) is 4.42. The molecule has 0 spiro atoms. The Morgan fingerprint density at radius 3 is 2.70 bits per heavy atom. The summed E-state index contributed by atoms with van der Waals surface area (Å²) in [6.07, 6.45) is 6.54. The van der Waals surface area contributed by atoms with E-state index >= 15 is 0 Å². The molecule has 172 valence electrons. The van der Waals surface area contributed by atoms with Crippen LogP contribution in [0.3, 0.4) is 0 Å². The van der Waals surface area contributed by atoms with Crippen LogP contribution >= 0.6 is 0 Å². The number of carbonyl (C=O) groups excluding carboxylic acids is 1. The molecule has 1 aliphatic carbocycles. The Hall–Kier alpha value is -3.30. The summed E-state index contributed by atoms with van der Waals surface area (Å²) in [5.74, 6) is 0.999. The number of aromatic nitrogens is 3. The number of nitrogens with one attached hydrogen (secondary N) is 2. The van der Waals surface area contributed by atoms with Crippen LogP contribution in [0.4, 0.5) is 17.5 Å². The molecule has 1 saturated carbocycles. The molecule has 33 heavy (non-hydrogen) atoms. The molecule has 3 N–H and O–H groups in total. The van der Waals surface area contributed by atoms with Crippen molar-refractivity contribution in [3.05, 3.63) is 48.3 Å². The first-order valence-corrected chi connectivity index (χ1v) is 11.5. The SMILES string of the molecule is O=C(Nc1cccnc1N1CCOCC1)c1cccc2cnc(NC3CCC(O)CC3)nc12. The Morgan fingerprint density at radius 2 is 1.88 bits per heavy atom. The summed E-state index contributed by atoms with van der Waals surface area (Å²) in [6.45, 7) is 2.74. The molecule has 5 rings (SSSR count). The third kappa shape index (κ3) is 4.89. The number of carbonyl (C=O) groups is 1. The van der Waals surface area contributed by atoms with Crippen molar-refractivity contribution >= 4 is 34.3 Å². The van der Waals surface area contributed by atoms with Gasteiger partial charge < -0.3 is 25.4 Å². The minimum Gasteiger partial charge on any atom is -0.393 e. The topological polar surface area (TPSA) is 113 Å². The predicted octanol–water partition coefficient (Wildman–Crippen LogP) is 2.83. The van der Waals surface area contributed by atoms with Crippen LogP contribution < -0.4 is 15.5 Å². The van der Waals surface area contributed by atoms with Gasteiger partial charge in [0.25, 0.3) is 5.91 Å². The molecule has 2 fully saturated rings. The van der Waals surface area contributed by atoms with E-state index in [-0.39, 0.29) is 18.1 Å². The molecule has 1 amide bonds. The van der Waals surface area contributed by atoms with Crippen LogP contribution in [0.5, 0.6) is 0 Å². The van der Waals surface area contributed by atoms with Gasteiger partial charge in [0.05, 0.1) is 36.1 Å². The van der Waals surface area contributed by atoms with E-state index in [0.29, 0.717) is 35.9 Å². The number of hydrogen-bond donors (Lipinski definition) is 3. The van der Waals surface area contributed by atoms with Crippen LogP contribution in [0.15, 0.2) is 42.7 Å². The first kappa shape index (κ1) is 21.5. The molecule has 1 aromatic carbocycles. The minimum absolute atomic E-state index is 0.217. The predicted molar refractivity (Wildman–Crippen MR) is 127 cm³/mol. The number of hydrogen-bond acceptors (Lipinski definition) is 8. The van der Waals surface area contributed by atoms with Gasteiger partial charge in [-0.3, -0.25) is 4.79 Å². The highest BCUT2D eigenvalue weighted by molar-refractivity contribution is 6.12. The van der Waals surface area contributed by atoms with E-state index in [9.17, 15) is 9.90 Å². The van der Waals surface area contributed by atoms with Crippen LogP contribution in [0, 0.1) is 0 Å². The second kappa shape index (κ2) is 9.68. The molecule has 9 heteroatoms. The zero-order valence-electron chi connectivity index (χ0n) is 18.4. The molecule has 9 nitrogen and oxygen atoms in total. The molecule has 3 heterocycles. The van der Waals surface area contributed by atoms with Gasteiger partial charge >= 0.3 is 0 Å². The fourth-order valence-electron chi connectivity index (χ4n) is 4.42. The molecule has 1 saturated heterocycles. The van der Waals surface area contributed by atoms with Gasteiger partial charge in [-0.15, -0.1) is 0 Å². The number of rotatable bonds is 5. The van der Waals surface area contributed by atoms with Gasteiger partial charge in [0.2, 0.25) is 5.95 Å². The standard InChI is InChI=1S/C24H28N6O3/c31-18-8-6-17(7-9-18)27-24-26-15-16-3-1-4-19(21(16)29-24)23(32)28-20-5-2-10-25-22(20)30-11-13-33-14-12-30/h1-5,10,15,17-18,31H,6-9,11-14H2,(H,28,32)(H,26,27,29). The van der Waals surface area contributed by atoms with Crippen molar-refractivity contribution in [1.29, 1.82) is 0 Å². The number of benzene rings is 1. The lowest BCUT2D eigenvalue weighted by Crippen LogP contribution is -2.37. The van der Waals surface area contributed by atoms with Crippen molar-refractivity contribution in [2.75, 3.05) is 41.8 Å². The average molecular weight is 449 g/mol. The van der Waals surface area contributed by atoms with Crippen molar-refractivity contribution in [1.82, 2.24) is 15.0 Å². The summed E-state index contributed by atoms with van der Waals surface area (Å²) in [6, 6.07) is 9.40. The Kier molecular flexibility index (Phi) is 6.32. The molecule has 2 aliphatic rings. The van der Waals surface area contributed by atoms with Crippen molar-refractivity contribution in [3.8, 4) is 0 Å². The van der Waals surface area contributed by atoms with Crippen LogP contribution in [0.2, 0.25) is 0 Å². The number of aliphatic hydroxyl groups excluding tert-OH is 1. The second-order valence-corrected chi connectivity index (χ2v) is 8.51. The molecule has 0 atom stereocenters. The quantitative estimate of drug-likeness (QED) is 0.546. The number of anilines is 3. The summed E-state index contributed by atoms with van der Waals surface area (Å²) in [5, 5.41) is 16.9. The molecular weight excluding hydrogens is 420 g/mol. The number of fused-ring (bicyclic) bond motifs is 1. The van der Waals surface area contributed by atoms with E-state index in [1.807, 2.05) is 24.3 Å². The fraction of sp³-hybridized carbons (Fsp3) is 0.417. The van der Waals surface area contributed by atoms with Crippen LogP contribution in [-0.2, 0) is 4.74 Å². The Labute approximate surface area is 192 Å². The number of aliphatic hydroxyl groups is 1. The van der Waals surface area contributed by atoms with Crippen LogP contribution in [0.1, 0.15) is 36.0 Å². The highest BCUT2D eigenvalue weighted by Gasteiger charge is 2.21. The molecule has 1 aliphatic heterocycles. The number of morpholine rings is 1. The highest BCUT2D eigenvalue weighted by atomic mass is 16.5. The van der Waals surface area contributed by atoms with Crippen molar-refractivity contribution < 1.29 is 14.6 Å². The second-order valence-electron chi connectivity index (χ2n) is 8.51. The maximum atomic E-state index is 13.3. The number of amides is 1. The third-order valence-corrected chi connectivity index (χ3v) is 6.23. The van der Waals surface area contributed by atoms with Crippen molar-refractivity contribution in [2.24, 2.45) is 0 Å². The largest absolute Gasteiger partial charge is 0.393 e. The summed E-state index contributed by atoms with van der Waals surface area (Å²) < 4.78 is 5.44. The van der Waals surface area contributed by atoms with E-state index in [2.05, 4.69) is 30.5 Å². The minimum atomic E-state index is -0.242. The first-order chi connectivity index (χ1) is 16.2. The lowest BCUT2D eigenvalue weighted by Gasteiger charge is -2.29. The zero-order valence-corrected chi connectivity index (χ0v) is 18.4. The molecule has 3 aromatic rings. The highest BCUT2D eigenvalue weighted by Crippen LogP contribution is 2.26. The summed E-state index contributed by atoms with van der Waals surface area (Å²) >= 11 is 0. The number of pyridine rings is 1. The zero-order chi connectivity index (χ0) is 22.6. The lowest BCUT2D eigenvalue weighted by molar-refractivity contribution is 0.102. The van der Waals surface area contributed by atoms with Gasteiger partial charge in [-0.2, -0.15) is 0 Å². The van der Waals surface area contributed by atoms with Crippen molar-refractivity contribution in [3.63, 3.8) is 0 Å². The summed E-state index contributed by atoms with van der Waals surface area (Å²) in [4.78, 5) is 29.0. The van der Waals surface area contributed by atoms with Crippen molar-refractivity contribution in [2.45, 2.75) is 37.8 Å². The number of ether oxygens (including phenoxy) is 1. The molecule has 0 radical (unpaired) electrons. The van der Waals surface area contributed by atoms with E-state index in [0.717, 1.165) is 50.0 Å². The van der Waals surface area contributed by atoms with Gasteiger partial charge in [0, 0.05) is 36.9 Å². The number of nitrogens with zero attached hydrogens (tertiary/aromatic N) is 4. The Bertz CT molecular complexity index is 1130. The van der Waals surface area contributed by atoms with E-state index < -0.39 is 0 Å². The van der Waals surface area contributed by atoms with Gasteiger partial charge in [-0.05, 0) is 43.9 Å². The van der Waals surface area contributed by atoms with Crippen LogP contribution in [0.25, 0.3) is 10.9 Å². The summed E-state index contributed by atoms with van der Waals surface area (Å²) in [5.41, 5.74) is 1.74. The van der Waals surface area contributed by atoms with Gasteiger partial charge in [-0.25, -0.2) is 15.0 Å². The maximum Gasteiger partial charge on any atom is 0.257 e. The molecule has 2 aromatic heterocycles. The molecular formula is C24H28N6O3. The van der Waals surface area contributed by atoms with E-state index in [1.165, 1.54) is 0 Å². The normalized spacial score (nSPS) is 21.1. The first-order valence-electron chi connectivity index (χ1n) is 11.5. The molecule has 0 bridgehead atoms. The third-order valence-electron chi connectivity index (χ3n) is 6.23. The molecule has 0 unspecified atom stereocenters. The Morgan fingerprint density at radius 1 is 1.06 bits per heavy atom. The van der Waals surface area contributed by atoms with E-state index in [4.69, 9.17) is 4.74 Å². The van der Waals surface area contributed by atoms with Gasteiger partial charge in [-0.1, -0.05) is 12.1 Å². The monoisotopic (exact) mass is 448 g/mol. The van der Waals surface area contributed by atoms with E-state index in [1.54, 1.807) is 18.5 Å². The maximum absolute atomic E-state index is 13.3.